The van der Waals surface area contributed by atoms with Crippen LogP contribution in [0.3, 0.4) is 0 Å². The number of rotatable bonds is 3. The van der Waals surface area contributed by atoms with E-state index in [9.17, 15) is 4.39 Å². The number of halogens is 2. The molecule has 0 unspecified atom stereocenters. The van der Waals surface area contributed by atoms with Crippen LogP contribution in [0.4, 0.5) is 10.2 Å². The van der Waals surface area contributed by atoms with Crippen molar-refractivity contribution < 1.29 is 4.39 Å². The summed E-state index contributed by atoms with van der Waals surface area (Å²) in [6.45, 7) is 1.99. The highest BCUT2D eigenvalue weighted by Crippen LogP contribution is 2.23. The zero-order valence-corrected chi connectivity index (χ0v) is 12.6. The van der Waals surface area contributed by atoms with Gasteiger partial charge in [0.1, 0.15) is 11.6 Å². The number of hydrazone groups is 1. The molecule has 1 heterocycles. The number of fused-ring (bicyclic) bond motifs is 1. The van der Waals surface area contributed by atoms with Crippen LogP contribution >= 0.6 is 11.6 Å². The quantitative estimate of drug-likeness (QED) is 0.558. The van der Waals surface area contributed by atoms with E-state index in [2.05, 4.69) is 15.5 Å². The maximum Gasteiger partial charge on any atom is 0.147 e. The molecule has 0 saturated carbocycles. The molecule has 0 fully saturated rings. The van der Waals surface area contributed by atoms with Crippen LogP contribution in [0.2, 0.25) is 5.02 Å². The second-order valence-corrected chi connectivity index (χ2v) is 5.35. The molecule has 3 rings (SSSR count). The van der Waals surface area contributed by atoms with E-state index >= 15 is 0 Å². The third-order valence-corrected chi connectivity index (χ3v) is 3.45. The number of anilines is 1. The molecule has 0 aliphatic heterocycles. The van der Waals surface area contributed by atoms with Gasteiger partial charge in [-0.05, 0) is 54.4 Å². The van der Waals surface area contributed by atoms with Crippen molar-refractivity contribution in [1.29, 1.82) is 0 Å². The Morgan fingerprint density at radius 1 is 1.18 bits per heavy atom. The number of aryl methyl sites for hydroxylation is 1. The minimum Gasteiger partial charge on any atom is -0.261 e. The number of nitrogens with zero attached hydrogens (tertiary/aromatic N) is 2. The van der Waals surface area contributed by atoms with E-state index in [-0.39, 0.29) is 5.82 Å². The Hall–Kier alpha value is -2.46. The van der Waals surface area contributed by atoms with Gasteiger partial charge in [-0.25, -0.2) is 9.37 Å². The highest BCUT2D eigenvalue weighted by Gasteiger charge is 2.03. The molecule has 0 saturated heterocycles. The van der Waals surface area contributed by atoms with Crippen LogP contribution < -0.4 is 5.43 Å². The van der Waals surface area contributed by atoms with E-state index in [1.165, 1.54) is 12.1 Å². The average Bonchev–Trinajstić information content (AvgIpc) is 2.48. The van der Waals surface area contributed by atoms with Crippen molar-refractivity contribution in [3.63, 3.8) is 0 Å². The summed E-state index contributed by atoms with van der Waals surface area (Å²) in [4.78, 5) is 4.47. The molecule has 0 amide bonds. The van der Waals surface area contributed by atoms with E-state index in [4.69, 9.17) is 11.6 Å². The molecule has 3 nitrogen and oxygen atoms in total. The Bertz CT molecular complexity index is 862. The summed E-state index contributed by atoms with van der Waals surface area (Å²) in [5, 5.41) is 5.78. The first-order chi connectivity index (χ1) is 10.6. The summed E-state index contributed by atoms with van der Waals surface area (Å²) >= 11 is 6.00. The van der Waals surface area contributed by atoms with Gasteiger partial charge in [-0.2, -0.15) is 5.10 Å². The molecule has 0 aliphatic rings. The van der Waals surface area contributed by atoms with E-state index in [0.29, 0.717) is 16.4 Å². The minimum atomic E-state index is -0.291. The van der Waals surface area contributed by atoms with Gasteiger partial charge < -0.3 is 0 Å². The van der Waals surface area contributed by atoms with Gasteiger partial charge >= 0.3 is 0 Å². The average molecular weight is 314 g/mol. The fourth-order valence-electron chi connectivity index (χ4n) is 2.18. The number of pyridine rings is 1. The predicted octanol–water partition coefficient (Wildman–Crippen LogP) is 4.78. The molecule has 0 aliphatic carbocycles. The fourth-order valence-corrected chi connectivity index (χ4v) is 2.36. The maximum absolute atomic E-state index is 13.1. The molecule has 1 N–H and O–H groups in total. The van der Waals surface area contributed by atoms with Crippen LogP contribution in [0.25, 0.3) is 10.9 Å². The van der Waals surface area contributed by atoms with Crippen molar-refractivity contribution in [3.05, 3.63) is 70.5 Å². The van der Waals surface area contributed by atoms with Crippen LogP contribution in [0, 0.1) is 12.7 Å². The smallest absolute Gasteiger partial charge is 0.147 e. The molecule has 22 heavy (non-hydrogen) atoms. The first-order valence-electron chi connectivity index (χ1n) is 6.73. The van der Waals surface area contributed by atoms with Gasteiger partial charge in [0.05, 0.1) is 11.7 Å². The van der Waals surface area contributed by atoms with Gasteiger partial charge in [-0.1, -0.05) is 23.7 Å². The molecule has 0 spiro atoms. The Labute approximate surface area is 132 Å². The highest BCUT2D eigenvalue weighted by molar-refractivity contribution is 6.31. The number of nitrogens with one attached hydrogen (secondary N) is 1. The molecular weight excluding hydrogens is 301 g/mol. The van der Waals surface area contributed by atoms with Crippen LogP contribution in [0.1, 0.15) is 11.1 Å². The van der Waals surface area contributed by atoms with Crippen molar-refractivity contribution in [3.8, 4) is 0 Å². The lowest BCUT2D eigenvalue weighted by Gasteiger charge is -2.06. The van der Waals surface area contributed by atoms with E-state index in [0.717, 1.165) is 16.5 Å². The molecule has 2 aromatic carbocycles. The molecule has 110 valence electrons. The lowest BCUT2D eigenvalue weighted by atomic mass is 10.1. The predicted molar refractivity (Wildman–Crippen MR) is 89.1 cm³/mol. The van der Waals surface area contributed by atoms with Gasteiger partial charge in [0.15, 0.2) is 0 Å². The Morgan fingerprint density at radius 2 is 2.05 bits per heavy atom. The Kier molecular flexibility index (Phi) is 4.02. The zero-order valence-electron chi connectivity index (χ0n) is 11.8. The van der Waals surface area contributed by atoms with Gasteiger partial charge in [0.25, 0.3) is 0 Å². The summed E-state index contributed by atoms with van der Waals surface area (Å²) in [5.41, 5.74) is 5.43. The molecule has 1 aromatic heterocycles. The van der Waals surface area contributed by atoms with Gasteiger partial charge in [0, 0.05) is 10.4 Å². The van der Waals surface area contributed by atoms with Crippen LogP contribution in [0.15, 0.2) is 53.6 Å². The standard InChI is InChI=1S/C17H13ClFN3/c1-11-7-17(21-16-6-5-13(18)9-15(11)16)22-20-10-12-3-2-4-14(19)8-12/h2-10H,1H3,(H,21,22)/b20-10+. The Balaban J connectivity index is 1.84. The molecule has 0 atom stereocenters. The number of hydrogen-bond acceptors (Lipinski definition) is 3. The number of aromatic nitrogens is 1. The van der Waals surface area contributed by atoms with E-state index < -0.39 is 0 Å². The molecular formula is C17H13ClFN3. The monoisotopic (exact) mass is 313 g/mol. The summed E-state index contributed by atoms with van der Waals surface area (Å²) in [6.07, 6.45) is 1.55. The molecule has 5 heteroatoms. The first-order valence-corrected chi connectivity index (χ1v) is 7.11. The summed E-state index contributed by atoms with van der Waals surface area (Å²) in [6, 6.07) is 13.7. The van der Waals surface area contributed by atoms with Gasteiger partial charge in [-0.15, -0.1) is 0 Å². The SMILES string of the molecule is Cc1cc(N/N=C/c2cccc(F)c2)nc2ccc(Cl)cc12. The fraction of sp³-hybridized carbons (Fsp3) is 0.0588. The van der Waals surface area contributed by atoms with Crippen molar-refractivity contribution in [1.82, 2.24) is 4.98 Å². The largest absolute Gasteiger partial charge is 0.261 e. The third-order valence-electron chi connectivity index (χ3n) is 3.22. The lowest BCUT2D eigenvalue weighted by Crippen LogP contribution is -1.95. The van der Waals surface area contributed by atoms with Crippen molar-refractivity contribution in [2.75, 3.05) is 5.43 Å². The molecule has 0 radical (unpaired) electrons. The summed E-state index contributed by atoms with van der Waals surface area (Å²) in [7, 11) is 0. The van der Waals surface area contributed by atoms with Crippen LogP contribution in [-0.2, 0) is 0 Å². The first kappa shape index (κ1) is 14.5. The van der Waals surface area contributed by atoms with Crippen molar-refractivity contribution >= 4 is 34.5 Å². The topological polar surface area (TPSA) is 37.3 Å². The summed E-state index contributed by atoms with van der Waals surface area (Å²) in [5.74, 6) is 0.334. The summed E-state index contributed by atoms with van der Waals surface area (Å²) < 4.78 is 13.1. The van der Waals surface area contributed by atoms with Gasteiger partial charge in [-0.3, -0.25) is 5.43 Å². The van der Waals surface area contributed by atoms with Crippen LogP contribution in [0.5, 0.6) is 0 Å². The third kappa shape index (κ3) is 3.23. The van der Waals surface area contributed by atoms with E-state index in [1.54, 1.807) is 24.4 Å². The zero-order chi connectivity index (χ0) is 15.5. The van der Waals surface area contributed by atoms with Crippen molar-refractivity contribution in [2.24, 2.45) is 5.10 Å². The lowest BCUT2D eigenvalue weighted by molar-refractivity contribution is 0.627. The number of hydrogen-bond donors (Lipinski definition) is 1. The second kappa shape index (κ2) is 6.12. The normalized spacial score (nSPS) is 11.2. The Morgan fingerprint density at radius 3 is 2.86 bits per heavy atom. The van der Waals surface area contributed by atoms with Crippen LogP contribution in [-0.4, -0.2) is 11.2 Å². The number of benzene rings is 2. The van der Waals surface area contributed by atoms with Crippen molar-refractivity contribution in [2.45, 2.75) is 6.92 Å². The highest BCUT2D eigenvalue weighted by atomic mass is 35.5. The van der Waals surface area contributed by atoms with Gasteiger partial charge in [0.2, 0.25) is 0 Å². The maximum atomic E-state index is 13.1. The second-order valence-electron chi connectivity index (χ2n) is 4.91. The molecule has 3 aromatic rings. The minimum absolute atomic E-state index is 0.291. The van der Waals surface area contributed by atoms with E-state index in [1.807, 2.05) is 25.1 Å². The molecule has 0 bridgehead atoms.